The Bertz CT molecular complexity index is 477. The second-order valence-corrected chi connectivity index (χ2v) is 3.75. The Morgan fingerprint density at radius 3 is 2.81 bits per heavy atom. The molecule has 3 N–H and O–H groups in total. The molecule has 0 fully saturated rings. The minimum Gasteiger partial charge on any atom is -0.275 e. The van der Waals surface area contributed by atoms with E-state index in [1.165, 1.54) is 0 Å². The van der Waals surface area contributed by atoms with Gasteiger partial charge in [0.2, 0.25) is 0 Å². The summed E-state index contributed by atoms with van der Waals surface area (Å²) in [6.45, 7) is 1.96. The molecule has 5 heteroatoms. The quantitative estimate of drug-likeness (QED) is 0.586. The van der Waals surface area contributed by atoms with Crippen LogP contribution in [-0.4, -0.2) is 14.8 Å². The van der Waals surface area contributed by atoms with E-state index in [1.807, 2.05) is 38.4 Å². The summed E-state index contributed by atoms with van der Waals surface area (Å²) >= 11 is 0. The van der Waals surface area contributed by atoms with E-state index in [0.29, 0.717) is 0 Å². The van der Waals surface area contributed by atoms with Crippen molar-refractivity contribution in [2.24, 2.45) is 12.9 Å². The lowest BCUT2D eigenvalue weighted by Crippen LogP contribution is -2.29. The van der Waals surface area contributed by atoms with Crippen molar-refractivity contribution in [1.29, 1.82) is 0 Å². The molecule has 2 heterocycles. The second kappa shape index (κ2) is 4.42. The SMILES string of the molecule is Cc1cccc(C(NN)c2cnn(C)c2)n1. The standard InChI is InChI=1S/C11H15N5/c1-8-4-3-5-10(14-8)11(15-12)9-6-13-16(2)7-9/h3-7,11,15H,12H2,1-2H3. The number of nitrogens with one attached hydrogen (secondary N) is 1. The molecule has 0 saturated heterocycles. The molecule has 0 amide bonds. The van der Waals surface area contributed by atoms with Gasteiger partial charge in [0.1, 0.15) is 0 Å². The minimum absolute atomic E-state index is 0.117. The van der Waals surface area contributed by atoms with Gasteiger partial charge in [-0.15, -0.1) is 0 Å². The van der Waals surface area contributed by atoms with E-state index in [4.69, 9.17) is 5.84 Å². The van der Waals surface area contributed by atoms with Gasteiger partial charge in [0.25, 0.3) is 0 Å². The highest BCUT2D eigenvalue weighted by Gasteiger charge is 2.15. The fraction of sp³-hybridized carbons (Fsp3) is 0.273. The van der Waals surface area contributed by atoms with E-state index >= 15 is 0 Å². The van der Waals surface area contributed by atoms with E-state index < -0.39 is 0 Å². The van der Waals surface area contributed by atoms with Gasteiger partial charge in [0, 0.05) is 24.5 Å². The Morgan fingerprint density at radius 2 is 2.25 bits per heavy atom. The van der Waals surface area contributed by atoms with Gasteiger partial charge in [-0.2, -0.15) is 5.10 Å². The first kappa shape index (κ1) is 10.8. The highest BCUT2D eigenvalue weighted by Crippen LogP contribution is 2.18. The average Bonchev–Trinajstić information content (AvgIpc) is 2.66. The third-order valence-electron chi connectivity index (χ3n) is 2.43. The molecule has 0 aromatic carbocycles. The van der Waals surface area contributed by atoms with E-state index in [0.717, 1.165) is 17.0 Å². The molecule has 1 atom stereocenters. The number of hydrogen-bond acceptors (Lipinski definition) is 4. The van der Waals surface area contributed by atoms with Crippen LogP contribution in [0.15, 0.2) is 30.6 Å². The van der Waals surface area contributed by atoms with Gasteiger partial charge in [0.15, 0.2) is 0 Å². The number of hydrogen-bond donors (Lipinski definition) is 2. The van der Waals surface area contributed by atoms with Gasteiger partial charge in [0.05, 0.1) is 17.9 Å². The maximum Gasteiger partial charge on any atom is 0.0911 e. The lowest BCUT2D eigenvalue weighted by Gasteiger charge is -2.13. The van der Waals surface area contributed by atoms with Crippen LogP contribution in [0, 0.1) is 6.92 Å². The molecular formula is C11H15N5. The molecular weight excluding hydrogens is 202 g/mol. The number of nitrogens with two attached hydrogens (primary N) is 1. The van der Waals surface area contributed by atoms with Crippen LogP contribution >= 0.6 is 0 Å². The Hall–Kier alpha value is -1.72. The number of rotatable bonds is 3. The molecule has 2 aromatic heterocycles. The van der Waals surface area contributed by atoms with Crippen LogP contribution in [0.25, 0.3) is 0 Å². The lowest BCUT2D eigenvalue weighted by molar-refractivity contribution is 0.618. The van der Waals surface area contributed by atoms with Crippen molar-refractivity contribution in [3.8, 4) is 0 Å². The molecule has 2 rings (SSSR count). The predicted octanol–water partition coefficient (Wildman–Crippen LogP) is 0.676. The summed E-state index contributed by atoms with van der Waals surface area (Å²) < 4.78 is 1.75. The van der Waals surface area contributed by atoms with Crippen molar-refractivity contribution in [1.82, 2.24) is 20.2 Å². The molecule has 0 aliphatic carbocycles. The second-order valence-electron chi connectivity index (χ2n) is 3.75. The summed E-state index contributed by atoms with van der Waals surface area (Å²) in [7, 11) is 1.88. The third-order valence-corrected chi connectivity index (χ3v) is 2.43. The van der Waals surface area contributed by atoms with Gasteiger partial charge in [-0.1, -0.05) is 6.07 Å². The van der Waals surface area contributed by atoms with Crippen LogP contribution in [0.1, 0.15) is 23.0 Å². The first-order chi connectivity index (χ1) is 7.70. The average molecular weight is 217 g/mol. The number of aryl methyl sites for hydroxylation is 2. The molecule has 0 radical (unpaired) electrons. The Kier molecular flexibility index (Phi) is 2.98. The maximum absolute atomic E-state index is 5.57. The lowest BCUT2D eigenvalue weighted by atomic mass is 10.1. The molecule has 84 valence electrons. The zero-order chi connectivity index (χ0) is 11.5. The van der Waals surface area contributed by atoms with E-state index in [-0.39, 0.29) is 6.04 Å². The Balaban J connectivity index is 2.36. The molecule has 1 unspecified atom stereocenters. The van der Waals surface area contributed by atoms with E-state index in [9.17, 15) is 0 Å². The Labute approximate surface area is 94.3 Å². The van der Waals surface area contributed by atoms with Crippen molar-refractivity contribution >= 4 is 0 Å². The fourth-order valence-corrected chi connectivity index (χ4v) is 1.67. The topological polar surface area (TPSA) is 68.8 Å². The molecule has 0 saturated carbocycles. The number of aromatic nitrogens is 3. The molecule has 0 bridgehead atoms. The number of hydrazine groups is 1. The van der Waals surface area contributed by atoms with Crippen molar-refractivity contribution in [2.75, 3.05) is 0 Å². The van der Waals surface area contributed by atoms with Crippen LogP contribution < -0.4 is 11.3 Å². The molecule has 0 spiro atoms. The predicted molar refractivity (Wildman–Crippen MR) is 61.3 cm³/mol. The zero-order valence-corrected chi connectivity index (χ0v) is 9.38. The molecule has 16 heavy (non-hydrogen) atoms. The van der Waals surface area contributed by atoms with Crippen LogP contribution in [0.2, 0.25) is 0 Å². The smallest absolute Gasteiger partial charge is 0.0911 e. The summed E-state index contributed by atoms with van der Waals surface area (Å²) in [5, 5.41) is 4.13. The van der Waals surface area contributed by atoms with Gasteiger partial charge < -0.3 is 0 Å². The first-order valence-electron chi connectivity index (χ1n) is 5.09. The first-order valence-corrected chi connectivity index (χ1v) is 5.09. The van der Waals surface area contributed by atoms with Crippen LogP contribution in [0.4, 0.5) is 0 Å². The maximum atomic E-state index is 5.57. The normalized spacial score (nSPS) is 12.7. The summed E-state index contributed by atoms with van der Waals surface area (Å²) in [5.74, 6) is 5.57. The van der Waals surface area contributed by atoms with Crippen molar-refractivity contribution < 1.29 is 0 Å². The highest BCUT2D eigenvalue weighted by molar-refractivity contribution is 5.24. The zero-order valence-electron chi connectivity index (χ0n) is 9.38. The molecule has 2 aromatic rings. The monoisotopic (exact) mass is 217 g/mol. The van der Waals surface area contributed by atoms with E-state index in [2.05, 4.69) is 15.5 Å². The van der Waals surface area contributed by atoms with Crippen molar-refractivity contribution in [3.05, 3.63) is 47.5 Å². The number of nitrogens with zero attached hydrogens (tertiary/aromatic N) is 3. The van der Waals surface area contributed by atoms with Crippen molar-refractivity contribution in [2.45, 2.75) is 13.0 Å². The molecule has 5 nitrogen and oxygen atoms in total. The third kappa shape index (κ3) is 2.10. The van der Waals surface area contributed by atoms with Gasteiger partial charge >= 0.3 is 0 Å². The van der Waals surface area contributed by atoms with Gasteiger partial charge in [-0.3, -0.25) is 15.5 Å². The van der Waals surface area contributed by atoms with Crippen LogP contribution in [-0.2, 0) is 7.05 Å². The van der Waals surface area contributed by atoms with Crippen molar-refractivity contribution in [3.63, 3.8) is 0 Å². The summed E-state index contributed by atoms with van der Waals surface area (Å²) in [6.07, 6.45) is 3.71. The minimum atomic E-state index is -0.117. The molecule has 0 aliphatic rings. The number of pyridine rings is 1. The van der Waals surface area contributed by atoms with Gasteiger partial charge in [-0.05, 0) is 19.1 Å². The fourth-order valence-electron chi connectivity index (χ4n) is 1.67. The summed E-state index contributed by atoms with van der Waals surface area (Å²) in [6, 6.07) is 5.76. The Morgan fingerprint density at radius 1 is 1.44 bits per heavy atom. The molecule has 0 aliphatic heterocycles. The summed E-state index contributed by atoms with van der Waals surface area (Å²) in [4.78, 5) is 4.45. The van der Waals surface area contributed by atoms with E-state index in [1.54, 1.807) is 10.9 Å². The van der Waals surface area contributed by atoms with Crippen LogP contribution in [0.5, 0.6) is 0 Å². The summed E-state index contributed by atoms with van der Waals surface area (Å²) in [5.41, 5.74) is 5.63. The largest absolute Gasteiger partial charge is 0.275 e. The van der Waals surface area contributed by atoms with Crippen LogP contribution in [0.3, 0.4) is 0 Å². The highest BCUT2D eigenvalue weighted by atomic mass is 15.3. The van der Waals surface area contributed by atoms with Gasteiger partial charge in [-0.25, -0.2) is 5.43 Å².